The van der Waals surface area contributed by atoms with E-state index in [-0.39, 0.29) is 24.1 Å². The third-order valence-electron chi connectivity index (χ3n) is 3.58. The first kappa shape index (κ1) is 23.5. The first-order valence-electron chi connectivity index (χ1n) is 9.11. The first-order chi connectivity index (χ1) is 14.9. The van der Waals surface area contributed by atoms with E-state index in [4.69, 9.17) is 21.7 Å². The minimum absolute atomic E-state index is 0.124. The summed E-state index contributed by atoms with van der Waals surface area (Å²) in [7, 11) is 0. The Bertz CT molecular complexity index is 962. The van der Waals surface area contributed by atoms with Gasteiger partial charge >= 0.3 is 5.97 Å². The third kappa shape index (κ3) is 8.62. The fourth-order valence-electron chi connectivity index (χ4n) is 2.14. The van der Waals surface area contributed by atoms with Gasteiger partial charge in [0.15, 0.2) is 11.7 Å². The SMILES string of the molecule is CCOC(=O)c1ccc(OCC(=O)NNC(=S)NC(=O)/C=C/c2ccc(F)cc2)cc1. The largest absolute Gasteiger partial charge is 0.484 e. The first-order valence-corrected chi connectivity index (χ1v) is 9.51. The number of amides is 2. The summed E-state index contributed by atoms with van der Waals surface area (Å²) < 4.78 is 23.0. The summed E-state index contributed by atoms with van der Waals surface area (Å²) in [6.45, 7) is 1.66. The Morgan fingerprint density at radius 1 is 1.03 bits per heavy atom. The van der Waals surface area contributed by atoms with Gasteiger partial charge in [-0.15, -0.1) is 0 Å². The normalized spacial score (nSPS) is 10.3. The number of nitrogens with one attached hydrogen (secondary N) is 3. The van der Waals surface area contributed by atoms with Crippen LogP contribution in [0, 0.1) is 5.82 Å². The molecule has 2 aromatic carbocycles. The van der Waals surface area contributed by atoms with E-state index in [2.05, 4.69) is 16.2 Å². The zero-order valence-electron chi connectivity index (χ0n) is 16.5. The van der Waals surface area contributed by atoms with Gasteiger partial charge in [0.05, 0.1) is 12.2 Å². The molecule has 0 saturated carbocycles. The highest BCUT2D eigenvalue weighted by atomic mass is 32.1. The second-order valence-electron chi connectivity index (χ2n) is 5.91. The maximum Gasteiger partial charge on any atom is 0.338 e. The Hall–Kier alpha value is -3.79. The number of benzene rings is 2. The van der Waals surface area contributed by atoms with Crippen LogP contribution in [0.5, 0.6) is 5.75 Å². The van der Waals surface area contributed by atoms with E-state index in [1.165, 1.54) is 60.7 Å². The van der Waals surface area contributed by atoms with E-state index in [0.29, 0.717) is 16.9 Å². The van der Waals surface area contributed by atoms with Crippen LogP contribution in [0.4, 0.5) is 4.39 Å². The van der Waals surface area contributed by atoms with Gasteiger partial charge in [0, 0.05) is 6.08 Å². The van der Waals surface area contributed by atoms with Crippen molar-refractivity contribution in [2.75, 3.05) is 13.2 Å². The molecule has 2 rings (SSSR count). The number of ether oxygens (including phenoxy) is 2. The summed E-state index contributed by atoms with van der Waals surface area (Å²) in [5.41, 5.74) is 5.65. The van der Waals surface area contributed by atoms with Gasteiger partial charge in [0.25, 0.3) is 5.91 Å². The van der Waals surface area contributed by atoms with Gasteiger partial charge in [0.2, 0.25) is 5.91 Å². The highest BCUT2D eigenvalue weighted by Crippen LogP contribution is 2.12. The fourth-order valence-corrected chi connectivity index (χ4v) is 2.30. The zero-order chi connectivity index (χ0) is 22.6. The van der Waals surface area contributed by atoms with Gasteiger partial charge in [-0.3, -0.25) is 25.8 Å². The summed E-state index contributed by atoms with van der Waals surface area (Å²) in [4.78, 5) is 35.2. The van der Waals surface area contributed by atoms with Crippen molar-refractivity contribution >= 4 is 41.2 Å². The molecule has 0 aliphatic carbocycles. The molecule has 3 N–H and O–H groups in total. The van der Waals surface area contributed by atoms with E-state index in [1.807, 2.05) is 0 Å². The maximum atomic E-state index is 12.8. The highest BCUT2D eigenvalue weighted by Gasteiger charge is 2.08. The lowest BCUT2D eigenvalue weighted by atomic mass is 10.2. The van der Waals surface area contributed by atoms with Gasteiger partial charge in [-0.25, -0.2) is 9.18 Å². The molecule has 0 aliphatic rings. The van der Waals surface area contributed by atoms with Gasteiger partial charge in [-0.1, -0.05) is 12.1 Å². The van der Waals surface area contributed by atoms with E-state index in [1.54, 1.807) is 6.92 Å². The number of hydrogen-bond acceptors (Lipinski definition) is 6. The van der Waals surface area contributed by atoms with Gasteiger partial charge in [0.1, 0.15) is 11.6 Å². The van der Waals surface area contributed by atoms with Crippen molar-refractivity contribution in [2.24, 2.45) is 0 Å². The van der Waals surface area contributed by atoms with Gasteiger partial charge in [-0.2, -0.15) is 0 Å². The molecule has 0 aliphatic heterocycles. The molecular weight excluding hydrogens is 425 g/mol. The number of carbonyl (C=O) groups is 3. The Balaban J connectivity index is 1.69. The van der Waals surface area contributed by atoms with Crippen LogP contribution >= 0.6 is 12.2 Å². The minimum atomic E-state index is -0.548. The number of esters is 1. The number of hydrazine groups is 1. The predicted octanol–water partition coefficient (Wildman–Crippen LogP) is 2.12. The lowest BCUT2D eigenvalue weighted by Crippen LogP contribution is -2.49. The van der Waals surface area contributed by atoms with E-state index in [0.717, 1.165) is 0 Å². The van der Waals surface area contributed by atoms with E-state index < -0.39 is 17.8 Å². The number of rotatable bonds is 7. The van der Waals surface area contributed by atoms with Crippen LogP contribution in [0.3, 0.4) is 0 Å². The average Bonchev–Trinajstić information content (AvgIpc) is 2.76. The lowest BCUT2D eigenvalue weighted by Gasteiger charge is -2.10. The Kier molecular flexibility index (Phi) is 9.12. The predicted molar refractivity (Wildman–Crippen MR) is 115 cm³/mol. The molecule has 2 aromatic rings. The van der Waals surface area contributed by atoms with Crippen LogP contribution in [0.25, 0.3) is 6.08 Å². The monoisotopic (exact) mass is 445 g/mol. The quantitative estimate of drug-likeness (QED) is 0.259. The maximum absolute atomic E-state index is 12.8. The molecule has 0 heterocycles. The zero-order valence-corrected chi connectivity index (χ0v) is 17.3. The summed E-state index contributed by atoms with van der Waals surface area (Å²) in [5.74, 6) is -1.52. The molecule has 0 aromatic heterocycles. The van der Waals surface area contributed by atoms with Crippen LogP contribution in [0.1, 0.15) is 22.8 Å². The van der Waals surface area contributed by atoms with Crippen LogP contribution in [-0.4, -0.2) is 36.1 Å². The average molecular weight is 445 g/mol. The number of carbonyl (C=O) groups excluding carboxylic acids is 3. The molecule has 0 unspecified atom stereocenters. The van der Waals surface area contributed by atoms with Crippen molar-refractivity contribution in [3.8, 4) is 5.75 Å². The van der Waals surface area contributed by atoms with E-state index in [9.17, 15) is 18.8 Å². The van der Waals surface area contributed by atoms with Crippen molar-refractivity contribution in [1.82, 2.24) is 16.2 Å². The molecule has 31 heavy (non-hydrogen) atoms. The topological polar surface area (TPSA) is 106 Å². The Morgan fingerprint density at radius 3 is 2.35 bits per heavy atom. The lowest BCUT2D eigenvalue weighted by molar-refractivity contribution is -0.123. The summed E-state index contributed by atoms with van der Waals surface area (Å²) >= 11 is 4.91. The van der Waals surface area contributed by atoms with Crippen LogP contribution in [0.2, 0.25) is 0 Å². The van der Waals surface area contributed by atoms with Crippen molar-refractivity contribution < 1.29 is 28.2 Å². The number of thiocarbonyl (C=S) groups is 1. The van der Waals surface area contributed by atoms with Crippen LogP contribution in [0.15, 0.2) is 54.6 Å². The molecular formula is C21H20FN3O5S. The third-order valence-corrected chi connectivity index (χ3v) is 3.79. The molecule has 0 radical (unpaired) electrons. The Morgan fingerprint density at radius 2 is 1.71 bits per heavy atom. The second kappa shape index (κ2) is 12.0. The Labute approximate surface area is 183 Å². The van der Waals surface area contributed by atoms with E-state index >= 15 is 0 Å². The van der Waals surface area contributed by atoms with Crippen LogP contribution in [-0.2, 0) is 14.3 Å². The molecule has 8 nitrogen and oxygen atoms in total. The van der Waals surface area contributed by atoms with Gasteiger partial charge < -0.3 is 9.47 Å². The summed E-state index contributed by atoms with van der Waals surface area (Å²) in [6, 6.07) is 11.7. The van der Waals surface area contributed by atoms with Crippen molar-refractivity contribution in [1.29, 1.82) is 0 Å². The summed E-state index contributed by atoms with van der Waals surface area (Å²) in [5, 5.41) is 2.21. The molecule has 0 bridgehead atoms. The number of hydrogen-bond donors (Lipinski definition) is 3. The van der Waals surface area contributed by atoms with Gasteiger partial charge in [-0.05, 0) is 67.2 Å². The molecule has 0 fully saturated rings. The molecule has 162 valence electrons. The molecule has 0 atom stereocenters. The number of halogens is 1. The second-order valence-corrected chi connectivity index (χ2v) is 6.32. The molecule has 10 heteroatoms. The minimum Gasteiger partial charge on any atom is -0.484 e. The summed E-state index contributed by atoms with van der Waals surface area (Å²) in [6.07, 6.45) is 2.70. The molecule has 0 saturated heterocycles. The molecule has 0 spiro atoms. The van der Waals surface area contributed by atoms with Crippen molar-refractivity contribution in [2.45, 2.75) is 6.92 Å². The van der Waals surface area contributed by atoms with Crippen molar-refractivity contribution in [3.63, 3.8) is 0 Å². The molecule has 2 amide bonds. The highest BCUT2D eigenvalue weighted by molar-refractivity contribution is 7.80. The standard InChI is InChI=1S/C21H20FN3O5S/c1-2-29-20(28)15-6-10-17(11-7-15)30-13-19(27)24-25-21(31)23-18(26)12-5-14-3-8-16(22)9-4-14/h3-12H,2,13H2,1H3,(H,24,27)(H2,23,25,26,31)/b12-5+. The van der Waals surface area contributed by atoms with Crippen LogP contribution < -0.4 is 20.9 Å². The van der Waals surface area contributed by atoms with Crippen molar-refractivity contribution in [3.05, 3.63) is 71.6 Å². The smallest absolute Gasteiger partial charge is 0.338 e. The fraction of sp³-hybridized carbons (Fsp3) is 0.143.